The van der Waals surface area contributed by atoms with E-state index in [9.17, 15) is 0 Å². The Kier molecular flexibility index (Phi) is 6.61. The fraction of sp³-hybridized carbons (Fsp3) is 0.650. The van der Waals surface area contributed by atoms with Crippen molar-refractivity contribution in [1.29, 1.82) is 0 Å². The minimum Gasteiger partial charge on any atom is -0.497 e. The van der Waals surface area contributed by atoms with Crippen molar-refractivity contribution < 1.29 is 9.47 Å². The predicted octanol–water partition coefficient (Wildman–Crippen LogP) is 2.07. The molecule has 2 aliphatic heterocycles. The zero-order valence-corrected chi connectivity index (χ0v) is 16.3. The number of hydrogen-bond acceptors (Lipinski definition) is 4. The molecule has 2 aliphatic rings. The Balaban J connectivity index is 1.46. The summed E-state index contributed by atoms with van der Waals surface area (Å²) in [5.41, 5.74) is 1.24. The second-order valence-electron chi connectivity index (χ2n) is 7.34. The third-order valence-electron chi connectivity index (χ3n) is 5.38. The summed E-state index contributed by atoms with van der Waals surface area (Å²) >= 11 is 0. The van der Waals surface area contributed by atoms with Crippen LogP contribution in [-0.2, 0) is 4.74 Å². The number of nitrogens with zero attached hydrogens (tertiary/aromatic N) is 3. The largest absolute Gasteiger partial charge is 0.497 e. The molecule has 6 nitrogen and oxygen atoms in total. The van der Waals surface area contributed by atoms with Crippen molar-refractivity contribution in [2.75, 3.05) is 65.5 Å². The first kappa shape index (κ1) is 18.8. The highest BCUT2D eigenvalue weighted by Crippen LogP contribution is 2.26. The lowest BCUT2D eigenvalue weighted by atomic mass is 10.1. The minimum absolute atomic E-state index is 0.619. The van der Waals surface area contributed by atoms with Crippen LogP contribution in [0.25, 0.3) is 0 Å². The van der Waals surface area contributed by atoms with Crippen LogP contribution in [0.15, 0.2) is 29.3 Å². The lowest BCUT2D eigenvalue weighted by Crippen LogP contribution is -2.43. The third-order valence-corrected chi connectivity index (χ3v) is 5.38. The van der Waals surface area contributed by atoms with Crippen LogP contribution in [-0.4, -0.2) is 71.5 Å². The highest BCUT2D eigenvalue weighted by Gasteiger charge is 2.24. The fourth-order valence-electron chi connectivity index (χ4n) is 3.86. The lowest BCUT2D eigenvalue weighted by molar-refractivity contribution is 0.181. The average Bonchev–Trinajstić information content (AvgIpc) is 3.34. The molecule has 0 spiro atoms. The van der Waals surface area contributed by atoms with E-state index >= 15 is 0 Å². The summed E-state index contributed by atoms with van der Waals surface area (Å²) in [6, 6.07) is 8.33. The van der Waals surface area contributed by atoms with Gasteiger partial charge in [0.1, 0.15) is 5.75 Å². The van der Waals surface area contributed by atoms with Gasteiger partial charge in [-0.25, -0.2) is 0 Å². The van der Waals surface area contributed by atoms with Crippen LogP contribution in [0.3, 0.4) is 0 Å². The van der Waals surface area contributed by atoms with E-state index < -0.39 is 0 Å². The Morgan fingerprint density at radius 3 is 3.00 bits per heavy atom. The van der Waals surface area contributed by atoms with E-state index in [1.54, 1.807) is 7.11 Å². The Labute approximate surface area is 157 Å². The summed E-state index contributed by atoms with van der Waals surface area (Å²) in [5.74, 6) is 3.15. The van der Waals surface area contributed by atoms with Crippen LogP contribution in [0.1, 0.15) is 12.8 Å². The van der Waals surface area contributed by atoms with Gasteiger partial charge in [-0.15, -0.1) is 0 Å². The number of guanidine groups is 1. The van der Waals surface area contributed by atoms with Crippen molar-refractivity contribution in [3.8, 4) is 5.75 Å². The lowest BCUT2D eigenvalue weighted by Gasteiger charge is -2.25. The number of ether oxygens (including phenoxy) is 2. The van der Waals surface area contributed by atoms with Crippen LogP contribution in [0.2, 0.25) is 0 Å². The minimum atomic E-state index is 0.619. The molecule has 26 heavy (non-hydrogen) atoms. The van der Waals surface area contributed by atoms with Gasteiger partial charge in [-0.2, -0.15) is 0 Å². The highest BCUT2D eigenvalue weighted by molar-refractivity contribution is 5.79. The Morgan fingerprint density at radius 1 is 1.38 bits per heavy atom. The van der Waals surface area contributed by atoms with E-state index in [1.807, 2.05) is 13.1 Å². The number of benzene rings is 1. The van der Waals surface area contributed by atoms with Crippen molar-refractivity contribution in [3.05, 3.63) is 24.3 Å². The number of nitrogens with one attached hydrogen (secondary N) is 1. The van der Waals surface area contributed by atoms with Crippen molar-refractivity contribution >= 4 is 11.6 Å². The van der Waals surface area contributed by atoms with Crippen molar-refractivity contribution in [2.45, 2.75) is 12.8 Å². The van der Waals surface area contributed by atoms with Gasteiger partial charge in [-0.1, -0.05) is 6.07 Å². The Bertz CT molecular complexity index is 601. The normalized spacial score (nSPS) is 23.3. The summed E-state index contributed by atoms with van der Waals surface area (Å²) < 4.78 is 10.8. The molecule has 6 heteroatoms. The van der Waals surface area contributed by atoms with E-state index in [1.165, 1.54) is 12.1 Å². The number of anilines is 1. The number of aliphatic imine (C=N–C) groups is 1. The van der Waals surface area contributed by atoms with Crippen molar-refractivity contribution in [1.82, 2.24) is 10.2 Å². The zero-order valence-electron chi connectivity index (χ0n) is 16.3. The molecule has 0 aliphatic carbocycles. The third kappa shape index (κ3) is 4.81. The van der Waals surface area contributed by atoms with E-state index in [4.69, 9.17) is 9.47 Å². The smallest absolute Gasteiger partial charge is 0.193 e. The van der Waals surface area contributed by atoms with Gasteiger partial charge in [0.15, 0.2) is 5.96 Å². The molecule has 1 aromatic rings. The predicted molar refractivity (Wildman–Crippen MR) is 106 cm³/mol. The van der Waals surface area contributed by atoms with Crippen molar-refractivity contribution in [3.63, 3.8) is 0 Å². The molecule has 0 bridgehead atoms. The van der Waals surface area contributed by atoms with Crippen LogP contribution >= 0.6 is 0 Å². The fourth-order valence-corrected chi connectivity index (χ4v) is 3.86. The summed E-state index contributed by atoms with van der Waals surface area (Å²) in [6.45, 7) is 5.88. The number of rotatable bonds is 6. The van der Waals surface area contributed by atoms with E-state index in [0.717, 1.165) is 57.5 Å². The monoisotopic (exact) mass is 360 g/mol. The standard InChI is InChI=1S/C20H32N4O2/c1-21-20(23(2)13-17-8-10-26-15-17)22-12-16-7-9-24(14-16)18-5-4-6-19(11-18)25-3/h4-6,11,16-17H,7-10,12-15H2,1-3H3,(H,21,22). The maximum Gasteiger partial charge on any atom is 0.193 e. The molecule has 1 aromatic carbocycles. The van der Waals surface area contributed by atoms with E-state index in [-0.39, 0.29) is 0 Å². The summed E-state index contributed by atoms with van der Waals surface area (Å²) in [6.07, 6.45) is 2.35. The van der Waals surface area contributed by atoms with Gasteiger partial charge in [-0.05, 0) is 30.9 Å². The second kappa shape index (κ2) is 9.12. The van der Waals surface area contributed by atoms with Gasteiger partial charge in [0, 0.05) is 64.6 Å². The van der Waals surface area contributed by atoms with Crippen LogP contribution in [0.5, 0.6) is 5.75 Å². The maximum atomic E-state index is 5.48. The molecule has 2 atom stereocenters. The molecule has 0 amide bonds. The molecule has 2 saturated heterocycles. The first-order valence-corrected chi connectivity index (χ1v) is 9.58. The number of methoxy groups -OCH3 is 1. The highest BCUT2D eigenvalue weighted by atomic mass is 16.5. The Hall–Kier alpha value is -1.95. The van der Waals surface area contributed by atoms with E-state index in [2.05, 4.69) is 45.4 Å². The summed E-state index contributed by atoms with van der Waals surface area (Å²) in [7, 11) is 5.70. The molecule has 2 heterocycles. The first-order valence-electron chi connectivity index (χ1n) is 9.58. The molecular weight excluding hydrogens is 328 g/mol. The first-order chi connectivity index (χ1) is 12.7. The number of hydrogen-bond donors (Lipinski definition) is 1. The molecule has 0 aromatic heterocycles. The molecule has 2 fully saturated rings. The SMILES string of the molecule is CN=C(NCC1CCN(c2cccc(OC)c2)C1)N(C)CC1CCOC1. The average molecular weight is 361 g/mol. The van der Waals surface area contributed by atoms with Gasteiger partial charge >= 0.3 is 0 Å². The van der Waals surface area contributed by atoms with Crippen molar-refractivity contribution in [2.24, 2.45) is 16.8 Å². The molecule has 3 rings (SSSR count). The maximum absolute atomic E-state index is 5.48. The van der Waals surface area contributed by atoms with Crippen LogP contribution in [0.4, 0.5) is 5.69 Å². The topological polar surface area (TPSA) is 49.3 Å². The van der Waals surface area contributed by atoms with Gasteiger partial charge in [0.05, 0.1) is 13.7 Å². The molecule has 1 N–H and O–H groups in total. The molecule has 0 saturated carbocycles. The quantitative estimate of drug-likeness (QED) is 0.622. The molecular formula is C20H32N4O2. The second-order valence-corrected chi connectivity index (χ2v) is 7.34. The van der Waals surface area contributed by atoms with Gasteiger partial charge in [-0.3, -0.25) is 4.99 Å². The van der Waals surface area contributed by atoms with Crippen LogP contribution < -0.4 is 15.0 Å². The molecule has 0 radical (unpaired) electrons. The summed E-state index contributed by atoms with van der Waals surface area (Å²) in [4.78, 5) is 9.12. The molecule has 144 valence electrons. The zero-order chi connectivity index (χ0) is 18.4. The van der Waals surface area contributed by atoms with Gasteiger partial charge in [0.2, 0.25) is 0 Å². The van der Waals surface area contributed by atoms with Gasteiger partial charge in [0.25, 0.3) is 0 Å². The van der Waals surface area contributed by atoms with Gasteiger partial charge < -0.3 is 24.6 Å². The summed E-state index contributed by atoms with van der Waals surface area (Å²) in [5, 5.41) is 3.56. The molecule has 2 unspecified atom stereocenters. The van der Waals surface area contributed by atoms with E-state index in [0.29, 0.717) is 11.8 Å². The Morgan fingerprint density at radius 2 is 2.27 bits per heavy atom. The van der Waals surface area contributed by atoms with Crippen LogP contribution in [0, 0.1) is 11.8 Å².